The maximum absolute atomic E-state index is 12.5. The Bertz CT molecular complexity index is 484. The van der Waals surface area contributed by atoms with Gasteiger partial charge in [-0.15, -0.1) is 0 Å². The number of amides is 2. The summed E-state index contributed by atoms with van der Waals surface area (Å²) in [6.07, 6.45) is 0.745. The number of hydrogen-bond acceptors (Lipinski definition) is 4. The molecule has 110 valence electrons. The molecule has 6 heteroatoms. The third kappa shape index (κ3) is 3.01. The van der Waals surface area contributed by atoms with E-state index in [0.717, 1.165) is 12.2 Å². The number of piperazine rings is 1. The Labute approximate surface area is 118 Å². The average Bonchev–Trinajstić information content (AvgIpc) is 2.95. The minimum atomic E-state index is -0.480. The topological polar surface area (TPSA) is 74.6 Å². The predicted molar refractivity (Wildman–Crippen MR) is 74.5 cm³/mol. The van der Waals surface area contributed by atoms with Crippen LogP contribution < -0.4 is 10.6 Å². The first-order valence-electron chi connectivity index (χ1n) is 7.05. The van der Waals surface area contributed by atoms with Gasteiger partial charge in [0.25, 0.3) is 5.91 Å². The fraction of sp³-hybridized carbons (Fsp3) is 0.571. The minimum Gasteiger partial charge on any atom is -0.456 e. The number of carbonyl (C=O) groups is 2. The summed E-state index contributed by atoms with van der Waals surface area (Å²) >= 11 is 0. The molecule has 0 aliphatic carbocycles. The zero-order valence-corrected chi connectivity index (χ0v) is 11.9. The van der Waals surface area contributed by atoms with Gasteiger partial charge in [-0.1, -0.05) is 6.92 Å². The summed E-state index contributed by atoms with van der Waals surface area (Å²) in [6.45, 7) is 6.04. The highest BCUT2D eigenvalue weighted by molar-refractivity contribution is 5.95. The number of hydrogen-bond donors (Lipinski definition) is 2. The Morgan fingerprint density at radius 3 is 2.90 bits per heavy atom. The molecule has 1 aromatic heterocycles. The van der Waals surface area contributed by atoms with Crippen LogP contribution in [-0.2, 0) is 11.2 Å². The number of aryl methyl sites for hydroxylation is 1. The van der Waals surface area contributed by atoms with Crippen LogP contribution >= 0.6 is 0 Å². The first kappa shape index (κ1) is 14.6. The molecule has 0 aromatic carbocycles. The summed E-state index contributed by atoms with van der Waals surface area (Å²) in [6, 6.07) is 3.00. The van der Waals surface area contributed by atoms with Gasteiger partial charge in [-0.05, 0) is 19.1 Å². The molecule has 6 nitrogen and oxygen atoms in total. The molecular weight excluding hydrogens is 258 g/mol. The largest absolute Gasteiger partial charge is 0.456 e. The van der Waals surface area contributed by atoms with E-state index >= 15 is 0 Å². The lowest BCUT2D eigenvalue weighted by atomic mass is 10.1. The predicted octanol–water partition coefficient (Wildman–Crippen LogP) is 0.392. The van der Waals surface area contributed by atoms with Crippen LogP contribution in [0.2, 0.25) is 0 Å². The second-order valence-corrected chi connectivity index (χ2v) is 4.73. The van der Waals surface area contributed by atoms with Crippen molar-refractivity contribution in [1.82, 2.24) is 15.5 Å². The summed E-state index contributed by atoms with van der Waals surface area (Å²) in [5.41, 5.74) is 0. The van der Waals surface area contributed by atoms with E-state index in [1.165, 1.54) is 0 Å². The van der Waals surface area contributed by atoms with Gasteiger partial charge in [0.2, 0.25) is 5.91 Å². The fourth-order valence-corrected chi connectivity index (χ4v) is 2.30. The molecule has 0 spiro atoms. The molecule has 1 saturated heterocycles. The number of nitrogens with one attached hydrogen (secondary N) is 2. The number of nitrogens with zero attached hydrogens (tertiary/aromatic N) is 1. The van der Waals surface area contributed by atoms with Crippen LogP contribution in [0.25, 0.3) is 0 Å². The van der Waals surface area contributed by atoms with Crippen molar-refractivity contribution in [2.24, 2.45) is 0 Å². The number of furan rings is 1. The third-order valence-electron chi connectivity index (χ3n) is 3.38. The maximum atomic E-state index is 12.5. The Kier molecular flexibility index (Phi) is 4.79. The summed E-state index contributed by atoms with van der Waals surface area (Å²) < 4.78 is 5.49. The molecule has 0 radical (unpaired) electrons. The van der Waals surface area contributed by atoms with Crippen molar-refractivity contribution >= 4 is 11.8 Å². The van der Waals surface area contributed by atoms with Crippen LogP contribution in [-0.4, -0.2) is 48.9 Å². The lowest BCUT2D eigenvalue weighted by Crippen LogP contribution is -2.59. The van der Waals surface area contributed by atoms with Crippen LogP contribution in [0, 0.1) is 0 Å². The van der Waals surface area contributed by atoms with Crippen LogP contribution in [0.3, 0.4) is 0 Å². The zero-order valence-electron chi connectivity index (χ0n) is 11.9. The highest BCUT2D eigenvalue weighted by atomic mass is 16.4. The Balaban J connectivity index is 2.14. The molecule has 0 saturated carbocycles. The summed E-state index contributed by atoms with van der Waals surface area (Å²) in [7, 11) is 0. The van der Waals surface area contributed by atoms with E-state index in [2.05, 4.69) is 10.6 Å². The Morgan fingerprint density at radius 2 is 2.25 bits per heavy atom. The van der Waals surface area contributed by atoms with Gasteiger partial charge in [0.05, 0.1) is 0 Å². The molecule has 1 fully saturated rings. The van der Waals surface area contributed by atoms with Crippen molar-refractivity contribution in [3.05, 3.63) is 23.7 Å². The molecule has 2 N–H and O–H groups in total. The number of rotatable bonds is 4. The molecule has 0 bridgehead atoms. The highest BCUT2D eigenvalue weighted by Crippen LogP contribution is 2.14. The molecule has 1 aromatic rings. The van der Waals surface area contributed by atoms with Gasteiger partial charge in [0, 0.05) is 32.6 Å². The van der Waals surface area contributed by atoms with Crippen LogP contribution in [0.1, 0.15) is 30.2 Å². The molecule has 1 aliphatic rings. The van der Waals surface area contributed by atoms with E-state index in [1.54, 1.807) is 17.0 Å². The molecule has 1 atom stereocenters. The molecule has 1 unspecified atom stereocenters. The van der Waals surface area contributed by atoms with Crippen molar-refractivity contribution in [2.45, 2.75) is 26.3 Å². The number of carbonyl (C=O) groups excluding carboxylic acids is 2. The first-order chi connectivity index (χ1) is 9.67. The standard InChI is InChI=1S/C14H21N3O3/c1-3-10-5-6-12(20-10)14(19)17-8-7-15-9-11(17)13(18)16-4-2/h5-6,11,15H,3-4,7-9H2,1-2H3,(H,16,18). The van der Waals surface area contributed by atoms with Crippen molar-refractivity contribution in [3.8, 4) is 0 Å². The zero-order chi connectivity index (χ0) is 14.5. The van der Waals surface area contributed by atoms with Gasteiger partial charge in [-0.2, -0.15) is 0 Å². The summed E-state index contributed by atoms with van der Waals surface area (Å²) in [4.78, 5) is 26.1. The Morgan fingerprint density at radius 1 is 1.45 bits per heavy atom. The molecule has 1 aliphatic heterocycles. The van der Waals surface area contributed by atoms with Crippen molar-refractivity contribution in [1.29, 1.82) is 0 Å². The van der Waals surface area contributed by atoms with E-state index in [4.69, 9.17) is 4.42 Å². The van der Waals surface area contributed by atoms with Crippen molar-refractivity contribution in [3.63, 3.8) is 0 Å². The van der Waals surface area contributed by atoms with E-state index in [-0.39, 0.29) is 11.8 Å². The monoisotopic (exact) mass is 279 g/mol. The van der Waals surface area contributed by atoms with E-state index in [0.29, 0.717) is 31.9 Å². The molecule has 2 amide bonds. The number of likely N-dealkylation sites (N-methyl/N-ethyl adjacent to an activating group) is 1. The second kappa shape index (κ2) is 6.56. The minimum absolute atomic E-state index is 0.129. The normalized spacial score (nSPS) is 18.9. The Hall–Kier alpha value is -1.82. The average molecular weight is 279 g/mol. The molecule has 2 rings (SSSR count). The van der Waals surface area contributed by atoms with Gasteiger partial charge in [0.15, 0.2) is 5.76 Å². The van der Waals surface area contributed by atoms with Gasteiger partial charge < -0.3 is 20.0 Å². The van der Waals surface area contributed by atoms with E-state index in [9.17, 15) is 9.59 Å². The van der Waals surface area contributed by atoms with Crippen molar-refractivity contribution in [2.75, 3.05) is 26.2 Å². The third-order valence-corrected chi connectivity index (χ3v) is 3.38. The molecule has 20 heavy (non-hydrogen) atoms. The summed E-state index contributed by atoms with van der Waals surface area (Å²) in [5.74, 6) is 0.730. The van der Waals surface area contributed by atoms with E-state index in [1.807, 2.05) is 13.8 Å². The second-order valence-electron chi connectivity index (χ2n) is 4.73. The lowest BCUT2D eigenvalue weighted by Gasteiger charge is -2.34. The quantitative estimate of drug-likeness (QED) is 0.836. The highest BCUT2D eigenvalue weighted by Gasteiger charge is 2.33. The van der Waals surface area contributed by atoms with E-state index < -0.39 is 6.04 Å². The lowest BCUT2D eigenvalue weighted by molar-refractivity contribution is -0.126. The van der Waals surface area contributed by atoms with Crippen LogP contribution in [0.4, 0.5) is 0 Å². The van der Waals surface area contributed by atoms with Gasteiger partial charge in [-0.3, -0.25) is 9.59 Å². The first-order valence-corrected chi connectivity index (χ1v) is 7.05. The van der Waals surface area contributed by atoms with Gasteiger partial charge >= 0.3 is 0 Å². The van der Waals surface area contributed by atoms with Crippen LogP contribution in [0.5, 0.6) is 0 Å². The van der Waals surface area contributed by atoms with Gasteiger partial charge in [0.1, 0.15) is 11.8 Å². The SMILES string of the molecule is CCNC(=O)C1CNCCN1C(=O)c1ccc(CC)o1. The maximum Gasteiger partial charge on any atom is 0.290 e. The fourth-order valence-electron chi connectivity index (χ4n) is 2.30. The molecule has 2 heterocycles. The molecular formula is C14H21N3O3. The summed E-state index contributed by atoms with van der Waals surface area (Å²) in [5, 5.41) is 5.91. The van der Waals surface area contributed by atoms with Crippen molar-refractivity contribution < 1.29 is 14.0 Å². The smallest absolute Gasteiger partial charge is 0.290 e. The van der Waals surface area contributed by atoms with Crippen LogP contribution in [0.15, 0.2) is 16.5 Å². The van der Waals surface area contributed by atoms with Gasteiger partial charge in [-0.25, -0.2) is 0 Å².